The highest BCUT2D eigenvalue weighted by Gasteiger charge is 2.74. The third-order valence-corrected chi connectivity index (χ3v) is 9.52. The van der Waals surface area contributed by atoms with Crippen LogP contribution in [-0.4, -0.2) is 71.7 Å². The molecule has 0 aromatic rings. The normalized spacial score (nSPS) is 42.2. The smallest absolute Gasteiger partial charge is 0.303 e. The minimum absolute atomic E-state index is 0.0848. The summed E-state index contributed by atoms with van der Waals surface area (Å²) in [5, 5.41) is 11.9. The molecule has 0 bridgehead atoms. The summed E-state index contributed by atoms with van der Waals surface area (Å²) in [5.41, 5.74) is -3.08. The molecule has 1 aliphatic heterocycles. The van der Waals surface area contributed by atoms with E-state index in [1.54, 1.807) is 0 Å². The van der Waals surface area contributed by atoms with Crippen LogP contribution >= 0.6 is 0 Å². The van der Waals surface area contributed by atoms with Gasteiger partial charge in [-0.25, -0.2) is 0 Å². The van der Waals surface area contributed by atoms with E-state index in [9.17, 15) is 24.3 Å². The van der Waals surface area contributed by atoms with Crippen molar-refractivity contribution < 1.29 is 48.0 Å². The average molecular weight is 541 g/mol. The van der Waals surface area contributed by atoms with E-state index in [2.05, 4.69) is 6.92 Å². The van der Waals surface area contributed by atoms with Gasteiger partial charge in [-0.3, -0.25) is 19.2 Å². The van der Waals surface area contributed by atoms with Gasteiger partial charge in [-0.1, -0.05) is 20.8 Å². The molecule has 0 aromatic heterocycles. The Bertz CT molecular complexity index is 950. The summed E-state index contributed by atoms with van der Waals surface area (Å²) in [5.74, 6) is -2.81. The van der Waals surface area contributed by atoms with Crippen molar-refractivity contribution in [3.05, 3.63) is 0 Å². The standard InChI is InChI=1S/C28H44O10/c1-16-23(37-20(5)32)22(33)24-26(7,15-35-18(3)30)21(36-19(4)31)9-10-27(24,8)28(16)12-11-25(6,38-28)13-14-34-17(2)29/h16,21-24,33H,9-15H2,1-8H3/t16-,21-,22-,23-,24+,25+,26+,27+,28-/m1/s1. The van der Waals surface area contributed by atoms with Crippen LogP contribution in [0.4, 0.5) is 0 Å². The van der Waals surface area contributed by atoms with Crippen molar-refractivity contribution in [3.8, 4) is 0 Å². The second kappa shape index (κ2) is 10.8. The molecule has 3 aliphatic rings. The fraction of sp³-hybridized carbons (Fsp3) is 0.857. The van der Waals surface area contributed by atoms with Gasteiger partial charge in [0.2, 0.25) is 0 Å². The number of carbonyl (C=O) groups is 4. The summed E-state index contributed by atoms with van der Waals surface area (Å²) in [4.78, 5) is 47.6. The van der Waals surface area contributed by atoms with Crippen molar-refractivity contribution in [3.63, 3.8) is 0 Å². The van der Waals surface area contributed by atoms with Crippen molar-refractivity contribution in [1.29, 1.82) is 0 Å². The number of ether oxygens (including phenoxy) is 5. The van der Waals surface area contributed by atoms with Gasteiger partial charge in [-0.2, -0.15) is 0 Å². The zero-order valence-corrected chi connectivity index (χ0v) is 24.0. The number of esters is 4. The van der Waals surface area contributed by atoms with E-state index >= 15 is 0 Å². The summed E-state index contributed by atoms with van der Waals surface area (Å²) in [7, 11) is 0. The van der Waals surface area contributed by atoms with Gasteiger partial charge < -0.3 is 28.8 Å². The van der Waals surface area contributed by atoms with Gasteiger partial charge in [-0.05, 0) is 32.6 Å². The molecule has 1 spiro atoms. The first kappa shape index (κ1) is 30.3. The van der Waals surface area contributed by atoms with E-state index in [0.717, 1.165) is 0 Å². The lowest BCUT2D eigenvalue weighted by Crippen LogP contribution is -2.74. The van der Waals surface area contributed by atoms with Crippen LogP contribution in [0, 0.1) is 22.7 Å². The molecule has 2 saturated carbocycles. The Morgan fingerprint density at radius 2 is 1.47 bits per heavy atom. The molecule has 2 aliphatic carbocycles. The first-order chi connectivity index (χ1) is 17.5. The van der Waals surface area contributed by atoms with Crippen LogP contribution in [0.2, 0.25) is 0 Å². The maximum Gasteiger partial charge on any atom is 0.303 e. The van der Waals surface area contributed by atoms with Crippen LogP contribution in [0.15, 0.2) is 0 Å². The Labute approximate surface area is 225 Å². The molecule has 0 aromatic carbocycles. The van der Waals surface area contributed by atoms with Crippen molar-refractivity contribution >= 4 is 23.9 Å². The highest BCUT2D eigenvalue weighted by atomic mass is 16.6. The number of aliphatic hydroxyl groups is 1. The van der Waals surface area contributed by atoms with Crippen LogP contribution in [-0.2, 0) is 42.9 Å². The van der Waals surface area contributed by atoms with Crippen LogP contribution in [0.5, 0.6) is 0 Å². The van der Waals surface area contributed by atoms with E-state index in [1.165, 1.54) is 27.7 Å². The predicted octanol–water partition coefficient (Wildman–Crippen LogP) is 3.11. The zero-order valence-electron chi connectivity index (χ0n) is 24.0. The molecular formula is C28H44O10. The quantitative estimate of drug-likeness (QED) is 0.379. The number of carbonyl (C=O) groups excluding carboxylic acids is 4. The third-order valence-electron chi connectivity index (χ3n) is 9.52. The van der Waals surface area contributed by atoms with Crippen LogP contribution in [0.1, 0.15) is 87.5 Å². The molecule has 1 heterocycles. The fourth-order valence-electron chi connectivity index (χ4n) is 7.86. The molecule has 0 unspecified atom stereocenters. The van der Waals surface area contributed by atoms with Crippen molar-refractivity contribution in [2.45, 2.75) is 117 Å². The summed E-state index contributed by atoms with van der Waals surface area (Å²) in [6.45, 7) is 13.3. The van der Waals surface area contributed by atoms with Gasteiger partial charge in [-0.15, -0.1) is 0 Å². The lowest BCUT2D eigenvalue weighted by molar-refractivity contribution is -0.315. The van der Waals surface area contributed by atoms with E-state index < -0.39 is 64.2 Å². The fourth-order valence-corrected chi connectivity index (χ4v) is 7.86. The molecule has 3 fully saturated rings. The van der Waals surface area contributed by atoms with Crippen molar-refractivity contribution in [1.82, 2.24) is 0 Å². The van der Waals surface area contributed by atoms with Crippen LogP contribution < -0.4 is 0 Å². The monoisotopic (exact) mass is 540 g/mol. The molecule has 3 rings (SSSR count). The summed E-state index contributed by atoms with van der Waals surface area (Å²) in [6, 6.07) is 0. The van der Waals surface area contributed by atoms with Crippen LogP contribution in [0.3, 0.4) is 0 Å². The highest BCUT2D eigenvalue weighted by Crippen LogP contribution is 2.68. The average Bonchev–Trinajstić information content (AvgIpc) is 3.15. The van der Waals surface area contributed by atoms with Gasteiger partial charge in [0.05, 0.1) is 23.9 Å². The van der Waals surface area contributed by atoms with Crippen molar-refractivity contribution in [2.75, 3.05) is 13.2 Å². The Kier molecular flexibility index (Phi) is 8.59. The minimum atomic E-state index is -1.13. The van der Waals surface area contributed by atoms with Gasteiger partial charge in [0, 0.05) is 56.8 Å². The largest absolute Gasteiger partial charge is 0.466 e. The highest BCUT2D eigenvalue weighted by molar-refractivity contribution is 5.67. The number of hydrogen-bond acceptors (Lipinski definition) is 10. The Balaban J connectivity index is 2.12. The SMILES string of the molecule is CC(=O)OCC[C@]1(C)CC[C@@]2(O1)[C@H](C)[C@@H](OC(C)=O)[C@@H](O)[C@H]1[C@@](C)(COC(C)=O)[C@H](OC(C)=O)CC[C@@]12C. The van der Waals surface area contributed by atoms with E-state index in [-0.39, 0.29) is 25.1 Å². The number of hydrogen-bond donors (Lipinski definition) is 1. The number of rotatable bonds is 7. The van der Waals surface area contributed by atoms with E-state index in [4.69, 9.17) is 23.7 Å². The third kappa shape index (κ3) is 5.30. The number of fused-ring (bicyclic) bond motifs is 2. The lowest BCUT2D eigenvalue weighted by Gasteiger charge is -2.67. The molecule has 9 atom stereocenters. The Hall–Kier alpha value is -2.20. The van der Waals surface area contributed by atoms with Gasteiger partial charge in [0.25, 0.3) is 0 Å². The van der Waals surface area contributed by atoms with E-state index in [0.29, 0.717) is 32.1 Å². The molecule has 216 valence electrons. The van der Waals surface area contributed by atoms with E-state index in [1.807, 2.05) is 20.8 Å². The van der Waals surface area contributed by atoms with Crippen molar-refractivity contribution in [2.24, 2.45) is 22.7 Å². The summed E-state index contributed by atoms with van der Waals surface area (Å²) in [6.07, 6.45) is 0.198. The molecule has 0 amide bonds. The predicted molar refractivity (Wildman–Crippen MR) is 135 cm³/mol. The first-order valence-corrected chi connectivity index (χ1v) is 13.5. The molecule has 1 saturated heterocycles. The molecular weight excluding hydrogens is 496 g/mol. The Morgan fingerprint density at radius 1 is 0.868 bits per heavy atom. The first-order valence-electron chi connectivity index (χ1n) is 13.5. The van der Waals surface area contributed by atoms with Crippen LogP contribution in [0.25, 0.3) is 0 Å². The minimum Gasteiger partial charge on any atom is -0.466 e. The topological polar surface area (TPSA) is 135 Å². The lowest BCUT2D eigenvalue weighted by atomic mass is 9.42. The second-order valence-corrected chi connectivity index (χ2v) is 12.2. The maximum absolute atomic E-state index is 12.2. The molecule has 0 radical (unpaired) electrons. The maximum atomic E-state index is 12.2. The molecule has 1 N–H and O–H groups in total. The van der Waals surface area contributed by atoms with Gasteiger partial charge in [0.15, 0.2) is 0 Å². The molecule has 10 heteroatoms. The zero-order chi connectivity index (χ0) is 28.7. The van der Waals surface area contributed by atoms with Gasteiger partial charge >= 0.3 is 23.9 Å². The molecule has 38 heavy (non-hydrogen) atoms. The summed E-state index contributed by atoms with van der Waals surface area (Å²) >= 11 is 0. The molecule has 10 nitrogen and oxygen atoms in total. The number of aliphatic hydroxyl groups excluding tert-OH is 1. The second-order valence-electron chi connectivity index (χ2n) is 12.2. The Morgan fingerprint density at radius 3 is 2.03 bits per heavy atom. The van der Waals surface area contributed by atoms with Gasteiger partial charge in [0.1, 0.15) is 18.8 Å². The summed E-state index contributed by atoms with van der Waals surface area (Å²) < 4.78 is 29.3.